The Bertz CT molecular complexity index is 1410. The Labute approximate surface area is 226 Å². The first kappa shape index (κ1) is 26.4. The smallest absolute Gasteiger partial charge is 0.337 e. The van der Waals surface area contributed by atoms with Crippen molar-refractivity contribution in [3.05, 3.63) is 92.5 Å². The zero-order valence-corrected chi connectivity index (χ0v) is 22.6. The Kier molecular flexibility index (Phi) is 8.30. The van der Waals surface area contributed by atoms with E-state index in [4.69, 9.17) is 14.2 Å². The molecule has 0 N–H and O–H groups in total. The van der Waals surface area contributed by atoms with Crippen LogP contribution in [0.1, 0.15) is 21.5 Å². The summed E-state index contributed by atoms with van der Waals surface area (Å²) in [7, 11) is 4.49. The topological polar surface area (TPSA) is 77.4 Å². The third-order valence-corrected chi connectivity index (χ3v) is 6.99. The molecule has 0 aromatic heterocycles. The Morgan fingerprint density at radius 3 is 2.57 bits per heavy atom. The molecule has 1 saturated heterocycles. The number of amidine groups is 1. The molecule has 1 aliphatic heterocycles. The van der Waals surface area contributed by atoms with E-state index in [0.29, 0.717) is 42.9 Å². The number of ether oxygens (including phenoxy) is 3. The van der Waals surface area contributed by atoms with Gasteiger partial charge in [0.1, 0.15) is 12.4 Å². The van der Waals surface area contributed by atoms with Crippen molar-refractivity contribution in [3.63, 3.8) is 0 Å². The van der Waals surface area contributed by atoms with Crippen molar-refractivity contribution < 1.29 is 28.2 Å². The summed E-state index contributed by atoms with van der Waals surface area (Å²) < 4.78 is 30.2. The van der Waals surface area contributed by atoms with Crippen LogP contribution < -0.4 is 9.47 Å². The van der Waals surface area contributed by atoms with E-state index >= 15 is 0 Å². The van der Waals surface area contributed by atoms with Crippen LogP contribution in [0, 0.1) is 5.82 Å². The van der Waals surface area contributed by atoms with Gasteiger partial charge in [-0.15, -0.1) is 0 Å². The normalized spacial score (nSPS) is 15.4. The predicted octanol–water partition coefficient (Wildman–Crippen LogP) is 6.20. The number of hydrogen-bond acceptors (Lipinski definition) is 7. The van der Waals surface area contributed by atoms with Gasteiger partial charge in [0, 0.05) is 7.05 Å². The van der Waals surface area contributed by atoms with Gasteiger partial charge in [0.2, 0.25) is 0 Å². The number of thioether (sulfide) groups is 1. The fraction of sp³-hybridized carbons (Fsp3) is 0.148. The second-order valence-electron chi connectivity index (χ2n) is 7.86. The number of halogens is 2. The SMILES string of the molecule is COC(=O)c1ccc(N=C2SC(=Cc3cc(Br)c(OCc4cccc(F)c4)c(OC)c3)C(=O)N2C)cc1. The standard InChI is InChI=1S/C27H22BrFN2O5S/c1-31-25(32)23(37-27(31)30-20-9-7-18(8-10-20)26(33)35-3)14-17-12-21(28)24(22(13-17)34-2)36-15-16-5-4-6-19(29)11-16/h4-14H,15H2,1-3H3. The van der Waals surface area contributed by atoms with Crippen LogP contribution in [0.25, 0.3) is 6.08 Å². The van der Waals surface area contributed by atoms with E-state index < -0.39 is 5.97 Å². The van der Waals surface area contributed by atoms with Gasteiger partial charge in [0.15, 0.2) is 16.7 Å². The second kappa shape index (κ2) is 11.6. The summed E-state index contributed by atoms with van der Waals surface area (Å²) in [6, 6.07) is 16.3. The number of likely N-dealkylation sites (N-methyl/N-ethyl adjacent to an activating group) is 1. The fourth-order valence-electron chi connectivity index (χ4n) is 3.45. The van der Waals surface area contributed by atoms with Crippen molar-refractivity contribution in [3.8, 4) is 11.5 Å². The van der Waals surface area contributed by atoms with Gasteiger partial charge < -0.3 is 14.2 Å². The molecule has 0 spiro atoms. The van der Waals surface area contributed by atoms with Gasteiger partial charge in [0.25, 0.3) is 5.91 Å². The first-order valence-corrected chi connectivity index (χ1v) is 12.6. The highest BCUT2D eigenvalue weighted by Crippen LogP contribution is 2.39. The maximum atomic E-state index is 13.5. The molecule has 3 aromatic rings. The van der Waals surface area contributed by atoms with Gasteiger partial charge in [-0.2, -0.15) is 0 Å². The van der Waals surface area contributed by atoms with Gasteiger partial charge >= 0.3 is 5.97 Å². The number of rotatable bonds is 7. The molecule has 0 radical (unpaired) electrons. The van der Waals surface area contributed by atoms with Crippen LogP contribution in [0.2, 0.25) is 0 Å². The molecule has 10 heteroatoms. The van der Waals surface area contributed by atoms with Crippen molar-refractivity contribution >= 4 is 56.5 Å². The Morgan fingerprint density at radius 2 is 1.89 bits per heavy atom. The van der Waals surface area contributed by atoms with E-state index in [1.165, 1.54) is 43.0 Å². The number of methoxy groups -OCH3 is 2. The first-order chi connectivity index (χ1) is 17.8. The summed E-state index contributed by atoms with van der Waals surface area (Å²) in [4.78, 5) is 31.0. The minimum absolute atomic E-state index is 0.159. The molecule has 1 heterocycles. The zero-order chi connectivity index (χ0) is 26.5. The molecule has 1 amide bonds. The summed E-state index contributed by atoms with van der Waals surface area (Å²) >= 11 is 4.75. The highest BCUT2D eigenvalue weighted by atomic mass is 79.9. The van der Waals surface area contributed by atoms with Gasteiger partial charge in [-0.3, -0.25) is 9.69 Å². The summed E-state index contributed by atoms with van der Waals surface area (Å²) in [5.41, 5.74) is 2.41. The molecule has 37 heavy (non-hydrogen) atoms. The molecule has 0 atom stereocenters. The summed E-state index contributed by atoms with van der Waals surface area (Å²) in [6.45, 7) is 0.159. The molecule has 0 unspecified atom stereocenters. The largest absolute Gasteiger partial charge is 0.493 e. The molecule has 0 bridgehead atoms. The van der Waals surface area contributed by atoms with Crippen LogP contribution in [-0.2, 0) is 16.1 Å². The lowest BCUT2D eigenvalue weighted by Crippen LogP contribution is -2.23. The number of carbonyl (C=O) groups is 2. The number of nitrogens with zero attached hydrogens (tertiary/aromatic N) is 2. The quantitative estimate of drug-likeness (QED) is 0.243. The third kappa shape index (κ3) is 6.20. The highest BCUT2D eigenvalue weighted by molar-refractivity contribution is 9.10. The number of hydrogen-bond donors (Lipinski definition) is 0. The first-order valence-electron chi connectivity index (χ1n) is 11.0. The van der Waals surface area contributed by atoms with E-state index in [2.05, 4.69) is 20.9 Å². The van der Waals surface area contributed by atoms with Crippen LogP contribution in [0.3, 0.4) is 0 Å². The molecular formula is C27H22BrFN2O5S. The van der Waals surface area contributed by atoms with Crippen molar-refractivity contribution in [2.75, 3.05) is 21.3 Å². The number of esters is 1. The minimum Gasteiger partial charge on any atom is -0.493 e. The lowest BCUT2D eigenvalue weighted by Gasteiger charge is -2.14. The van der Waals surface area contributed by atoms with Crippen LogP contribution in [0.4, 0.5) is 10.1 Å². The van der Waals surface area contributed by atoms with Crippen molar-refractivity contribution in [2.24, 2.45) is 4.99 Å². The van der Waals surface area contributed by atoms with E-state index in [1.807, 2.05) is 6.07 Å². The lowest BCUT2D eigenvalue weighted by molar-refractivity contribution is -0.121. The van der Waals surface area contributed by atoms with Crippen molar-refractivity contribution in [2.45, 2.75) is 6.61 Å². The summed E-state index contributed by atoms with van der Waals surface area (Å²) in [6.07, 6.45) is 1.75. The zero-order valence-electron chi connectivity index (χ0n) is 20.2. The van der Waals surface area contributed by atoms with Crippen LogP contribution in [0.5, 0.6) is 11.5 Å². The maximum absolute atomic E-state index is 13.5. The molecule has 3 aromatic carbocycles. The van der Waals surface area contributed by atoms with Crippen molar-refractivity contribution in [1.29, 1.82) is 0 Å². The maximum Gasteiger partial charge on any atom is 0.337 e. The summed E-state index contributed by atoms with van der Waals surface area (Å²) in [5, 5.41) is 0.503. The Hall–Kier alpha value is -3.63. The molecule has 7 nitrogen and oxygen atoms in total. The number of amides is 1. The van der Waals surface area contributed by atoms with Gasteiger partial charge in [-0.05, 0) is 93.4 Å². The Morgan fingerprint density at radius 1 is 1.14 bits per heavy atom. The van der Waals surface area contributed by atoms with Crippen LogP contribution >= 0.6 is 27.7 Å². The third-order valence-electron chi connectivity index (χ3n) is 5.34. The average Bonchev–Trinajstić information content (AvgIpc) is 3.15. The highest BCUT2D eigenvalue weighted by Gasteiger charge is 2.30. The van der Waals surface area contributed by atoms with Gasteiger partial charge in [-0.25, -0.2) is 14.2 Å². The monoisotopic (exact) mass is 584 g/mol. The van der Waals surface area contributed by atoms with E-state index in [-0.39, 0.29) is 18.3 Å². The molecule has 0 aliphatic carbocycles. The fourth-order valence-corrected chi connectivity index (χ4v) is 5.01. The van der Waals surface area contributed by atoms with E-state index in [9.17, 15) is 14.0 Å². The molecular weight excluding hydrogens is 563 g/mol. The lowest BCUT2D eigenvalue weighted by atomic mass is 10.1. The van der Waals surface area contributed by atoms with Crippen LogP contribution in [-0.4, -0.2) is 43.2 Å². The minimum atomic E-state index is -0.432. The molecule has 1 aliphatic rings. The average molecular weight is 585 g/mol. The van der Waals surface area contributed by atoms with E-state index in [1.54, 1.807) is 55.6 Å². The number of carbonyl (C=O) groups excluding carboxylic acids is 2. The van der Waals surface area contributed by atoms with Crippen molar-refractivity contribution in [1.82, 2.24) is 4.90 Å². The second-order valence-corrected chi connectivity index (χ2v) is 9.72. The van der Waals surface area contributed by atoms with Gasteiger partial charge in [0.05, 0.1) is 34.8 Å². The number of benzene rings is 3. The number of aliphatic imine (C=N–C) groups is 1. The predicted molar refractivity (Wildman–Crippen MR) is 145 cm³/mol. The van der Waals surface area contributed by atoms with E-state index in [0.717, 1.165) is 5.56 Å². The molecule has 0 saturated carbocycles. The Balaban J connectivity index is 1.54. The molecule has 1 fully saturated rings. The molecule has 190 valence electrons. The summed E-state index contributed by atoms with van der Waals surface area (Å²) in [5.74, 6) is -0.0376. The van der Waals surface area contributed by atoms with Crippen LogP contribution in [0.15, 0.2) is 75.0 Å². The molecule has 4 rings (SSSR count). The van der Waals surface area contributed by atoms with Gasteiger partial charge in [-0.1, -0.05) is 12.1 Å².